The van der Waals surface area contributed by atoms with Crippen LogP contribution in [0.4, 0.5) is 0 Å². The van der Waals surface area contributed by atoms with Crippen molar-refractivity contribution in [1.29, 1.82) is 0 Å². The molecule has 0 aliphatic carbocycles. The van der Waals surface area contributed by atoms with Gasteiger partial charge in [0.25, 0.3) is 10.0 Å². The van der Waals surface area contributed by atoms with Crippen LogP contribution in [0.25, 0.3) is 22.3 Å². The lowest BCUT2D eigenvalue weighted by Gasteiger charge is -2.11. The Kier molecular flexibility index (Phi) is 3.81. The van der Waals surface area contributed by atoms with E-state index in [1.54, 1.807) is 49.8 Å². The molecule has 0 fully saturated rings. The standard InChI is InChI=1S/C19H17N3O3S/c1-21-13-11-20-19(21)17-5-3-4-14-10-12-22(18(14)17)26(23,24)16-8-6-15(25-2)7-9-16/h3-13H,1-2H3. The molecule has 0 bridgehead atoms. The minimum absolute atomic E-state index is 0.199. The number of fused-ring (bicyclic) bond motifs is 1. The summed E-state index contributed by atoms with van der Waals surface area (Å²) in [4.78, 5) is 4.57. The lowest BCUT2D eigenvalue weighted by Crippen LogP contribution is -2.12. The number of hydrogen-bond acceptors (Lipinski definition) is 4. The summed E-state index contributed by atoms with van der Waals surface area (Å²) in [6.45, 7) is 0. The van der Waals surface area contributed by atoms with Crippen molar-refractivity contribution >= 4 is 20.9 Å². The number of aryl methyl sites for hydroxylation is 1. The predicted octanol–water partition coefficient (Wildman–Crippen LogP) is 3.29. The molecule has 0 amide bonds. The third-order valence-corrected chi connectivity index (χ3v) is 6.05. The lowest BCUT2D eigenvalue weighted by molar-refractivity contribution is 0.414. The molecule has 0 saturated carbocycles. The number of nitrogens with zero attached hydrogens (tertiary/aromatic N) is 3. The van der Waals surface area contributed by atoms with Gasteiger partial charge in [-0.2, -0.15) is 0 Å². The molecule has 2 aromatic carbocycles. The topological polar surface area (TPSA) is 66.1 Å². The van der Waals surface area contributed by atoms with Gasteiger partial charge in [-0.05, 0) is 36.4 Å². The van der Waals surface area contributed by atoms with Gasteiger partial charge in [-0.1, -0.05) is 12.1 Å². The van der Waals surface area contributed by atoms with Crippen LogP contribution in [0.3, 0.4) is 0 Å². The van der Waals surface area contributed by atoms with Gasteiger partial charge in [0, 0.05) is 36.6 Å². The summed E-state index contributed by atoms with van der Waals surface area (Å²) >= 11 is 0. The van der Waals surface area contributed by atoms with E-state index >= 15 is 0 Å². The number of aromatic nitrogens is 3. The van der Waals surface area contributed by atoms with Crippen molar-refractivity contribution in [2.24, 2.45) is 7.05 Å². The van der Waals surface area contributed by atoms with E-state index in [0.29, 0.717) is 17.1 Å². The van der Waals surface area contributed by atoms with E-state index in [9.17, 15) is 8.42 Å². The van der Waals surface area contributed by atoms with E-state index in [0.717, 1.165) is 10.9 Å². The molecule has 0 aliphatic heterocycles. The van der Waals surface area contributed by atoms with Crippen molar-refractivity contribution in [3.05, 3.63) is 67.1 Å². The molecule has 26 heavy (non-hydrogen) atoms. The molecule has 0 N–H and O–H groups in total. The van der Waals surface area contributed by atoms with E-state index in [-0.39, 0.29) is 4.90 Å². The second kappa shape index (κ2) is 6.03. The van der Waals surface area contributed by atoms with Crippen molar-refractivity contribution < 1.29 is 13.2 Å². The van der Waals surface area contributed by atoms with Crippen LogP contribution < -0.4 is 4.74 Å². The molecule has 0 saturated heterocycles. The fourth-order valence-electron chi connectivity index (χ4n) is 3.03. The zero-order valence-electron chi connectivity index (χ0n) is 14.3. The number of hydrogen-bond donors (Lipinski definition) is 0. The molecular formula is C19H17N3O3S. The maximum Gasteiger partial charge on any atom is 0.268 e. The molecule has 0 atom stereocenters. The zero-order chi connectivity index (χ0) is 18.3. The summed E-state index contributed by atoms with van der Waals surface area (Å²) < 4.78 is 34.7. The van der Waals surface area contributed by atoms with Crippen LogP contribution in [0.1, 0.15) is 0 Å². The highest BCUT2D eigenvalue weighted by Gasteiger charge is 2.22. The molecule has 6 nitrogen and oxygen atoms in total. The third-order valence-electron chi connectivity index (χ3n) is 4.36. The fraction of sp³-hybridized carbons (Fsp3) is 0.105. The molecule has 0 spiro atoms. The normalized spacial score (nSPS) is 11.8. The van der Waals surface area contributed by atoms with Gasteiger partial charge in [0.2, 0.25) is 0 Å². The highest BCUT2D eigenvalue weighted by atomic mass is 32.2. The minimum atomic E-state index is -3.75. The Morgan fingerprint density at radius 3 is 2.42 bits per heavy atom. The number of rotatable bonds is 4. The third kappa shape index (κ3) is 2.48. The van der Waals surface area contributed by atoms with Crippen molar-refractivity contribution in [2.45, 2.75) is 4.90 Å². The number of methoxy groups -OCH3 is 1. The number of ether oxygens (including phenoxy) is 1. The number of para-hydroxylation sites is 1. The summed E-state index contributed by atoms with van der Waals surface area (Å²) in [5.74, 6) is 1.32. The molecule has 2 heterocycles. The SMILES string of the molecule is COc1ccc(S(=O)(=O)n2ccc3cccc(-c4nccn4C)c32)cc1. The van der Waals surface area contributed by atoms with Crippen LogP contribution in [0, 0.1) is 0 Å². The quantitative estimate of drug-likeness (QED) is 0.555. The van der Waals surface area contributed by atoms with Gasteiger partial charge < -0.3 is 9.30 Å². The fourth-order valence-corrected chi connectivity index (χ4v) is 4.40. The van der Waals surface area contributed by atoms with Gasteiger partial charge in [-0.25, -0.2) is 17.4 Å². The number of benzene rings is 2. The Morgan fingerprint density at radius 1 is 1.00 bits per heavy atom. The molecule has 4 aromatic rings. The molecule has 0 radical (unpaired) electrons. The second-order valence-electron chi connectivity index (χ2n) is 5.90. The first-order chi connectivity index (χ1) is 12.5. The van der Waals surface area contributed by atoms with E-state index < -0.39 is 10.0 Å². The van der Waals surface area contributed by atoms with Crippen LogP contribution in [0.5, 0.6) is 5.75 Å². The van der Waals surface area contributed by atoms with E-state index in [4.69, 9.17) is 4.74 Å². The summed E-state index contributed by atoms with van der Waals surface area (Å²) in [5, 5.41) is 0.836. The van der Waals surface area contributed by atoms with Crippen LogP contribution in [-0.4, -0.2) is 29.1 Å². The van der Waals surface area contributed by atoms with Gasteiger partial charge >= 0.3 is 0 Å². The Labute approximate surface area is 151 Å². The van der Waals surface area contributed by atoms with Gasteiger partial charge in [-0.3, -0.25) is 0 Å². The van der Waals surface area contributed by atoms with Crippen LogP contribution in [0.15, 0.2) is 72.0 Å². The summed E-state index contributed by atoms with van der Waals surface area (Å²) in [5.41, 5.74) is 1.37. The van der Waals surface area contributed by atoms with Gasteiger partial charge in [0.05, 0.1) is 17.5 Å². The van der Waals surface area contributed by atoms with Crippen molar-refractivity contribution in [1.82, 2.24) is 13.5 Å². The van der Waals surface area contributed by atoms with Crippen molar-refractivity contribution in [2.75, 3.05) is 7.11 Å². The maximum atomic E-state index is 13.2. The van der Waals surface area contributed by atoms with Gasteiger partial charge in [0.15, 0.2) is 0 Å². The first-order valence-electron chi connectivity index (χ1n) is 8.00. The molecule has 0 aliphatic rings. The van der Waals surface area contributed by atoms with E-state index in [2.05, 4.69) is 4.98 Å². The second-order valence-corrected chi connectivity index (χ2v) is 7.71. The summed E-state index contributed by atoms with van der Waals surface area (Å²) in [7, 11) is -0.324. The highest BCUT2D eigenvalue weighted by molar-refractivity contribution is 7.90. The highest BCUT2D eigenvalue weighted by Crippen LogP contribution is 2.31. The maximum absolute atomic E-state index is 13.2. The van der Waals surface area contributed by atoms with Crippen LogP contribution in [-0.2, 0) is 17.1 Å². The monoisotopic (exact) mass is 367 g/mol. The van der Waals surface area contributed by atoms with Gasteiger partial charge in [-0.15, -0.1) is 0 Å². The Hall–Kier alpha value is -3.06. The van der Waals surface area contributed by atoms with Gasteiger partial charge in [0.1, 0.15) is 11.6 Å². The van der Waals surface area contributed by atoms with E-state index in [1.807, 2.05) is 36.0 Å². The smallest absolute Gasteiger partial charge is 0.268 e. The first kappa shape index (κ1) is 16.4. The average Bonchev–Trinajstić information content (AvgIpc) is 3.28. The molecule has 0 unspecified atom stereocenters. The molecule has 7 heteroatoms. The largest absolute Gasteiger partial charge is 0.497 e. The first-order valence-corrected chi connectivity index (χ1v) is 9.44. The Morgan fingerprint density at radius 2 is 1.77 bits per heavy atom. The van der Waals surface area contributed by atoms with Crippen molar-refractivity contribution in [3.63, 3.8) is 0 Å². The Balaban J connectivity index is 1.96. The Bertz CT molecular complexity index is 1190. The summed E-state index contributed by atoms with van der Waals surface area (Å²) in [6, 6.07) is 13.8. The average molecular weight is 367 g/mol. The number of imidazole rings is 1. The molecule has 4 rings (SSSR count). The van der Waals surface area contributed by atoms with Crippen LogP contribution >= 0.6 is 0 Å². The minimum Gasteiger partial charge on any atom is -0.497 e. The predicted molar refractivity (Wildman–Crippen MR) is 99.7 cm³/mol. The van der Waals surface area contributed by atoms with Crippen LogP contribution in [0.2, 0.25) is 0 Å². The lowest BCUT2D eigenvalue weighted by atomic mass is 10.1. The van der Waals surface area contributed by atoms with E-state index in [1.165, 1.54) is 3.97 Å². The summed E-state index contributed by atoms with van der Waals surface area (Å²) in [6.07, 6.45) is 5.11. The zero-order valence-corrected chi connectivity index (χ0v) is 15.1. The molecule has 2 aromatic heterocycles. The molecule has 132 valence electrons. The van der Waals surface area contributed by atoms with Crippen molar-refractivity contribution in [3.8, 4) is 17.1 Å². The molecular weight excluding hydrogens is 350 g/mol.